The van der Waals surface area contributed by atoms with Gasteiger partial charge >= 0.3 is 0 Å². The maximum absolute atomic E-state index is 4.01. The number of hydrogen-bond acceptors (Lipinski definition) is 1. The first-order valence-electron chi connectivity index (χ1n) is 5.42. The Morgan fingerprint density at radius 3 is 2.50 bits per heavy atom. The fourth-order valence-corrected chi connectivity index (χ4v) is 2.09. The number of aromatic amines is 1. The zero-order valence-corrected chi connectivity index (χ0v) is 9.91. The van der Waals surface area contributed by atoms with E-state index in [1.165, 1.54) is 22.3 Å². The van der Waals surface area contributed by atoms with Crippen LogP contribution in [0.5, 0.6) is 0 Å². The molecular weight excluding hydrogens is 196 g/mol. The number of nitrogens with one attached hydrogen (secondary N) is 1. The van der Waals surface area contributed by atoms with E-state index in [9.17, 15) is 0 Å². The summed E-state index contributed by atoms with van der Waals surface area (Å²) < 4.78 is 0. The van der Waals surface area contributed by atoms with Gasteiger partial charge in [0.1, 0.15) is 0 Å². The Balaban J connectivity index is 2.45. The molecule has 1 aromatic heterocycles. The first kappa shape index (κ1) is 10.7. The minimum absolute atomic E-state index is 1.04. The van der Waals surface area contributed by atoms with E-state index in [1.807, 2.05) is 6.20 Å². The SMILES string of the molecule is CC(=Cc1cnc[nH]1)c1c(C)cccc1C. The quantitative estimate of drug-likeness (QED) is 0.809. The maximum Gasteiger partial charge on any atom is 0.0924 e. The van der Waals surface area contributed by atoms with Crippen molar-refractivity contribution in [2.75, 3.05) is 0 Å². The van der Waals surface area contributed by atoms with Gasteiger partial charge in [-0.25, -0.2) is 4.98 Å². The topological polar surface area (TPSA) is 28.7 Å². The molecule has 0 aliphatic rings. The Kier molecular flexibility index (Phi) is 2.91. The lowest BCUT2D eigenvalue weighted by molar-refractivity contribution is 1.30. The van der Waals surface area contributed by atoms with Gasteiger partial charge in [0.05, 0.1) is 18.2 Å². The number of nitrogens with zero attached hydrogens (tertiary/aromatic N) is 1. The van der Waals surface area contributed by atoms with Crippen molar-refractivity contribution >= 4 is 11.6 Å². The van der Waals surface area contributed by atoms with Crippen LogP contribution < -0.4 is 0 Å². The van der Waals surface area contributed by atoms with E-state index in [1.54, 1.807) is 6.33 Å². The van der Waals surface area contributed by atoms with Crippen LogP contribution in [-0.4, -0.2) is 9.97 Å². The van der Waals surface area contributed by atoms with Crippen molar-refractivity contribution < 1.29 is 0 Å². The highest BCUT2D eigenvalue weighted by Crippen LogP contribution is 2.23. The Bertz CT molecular complexity index is 487. The molecule has 2 nitrogen and oxygen atoms in total. The van der Waals surface area contributed by atoms with Crippen molar-refractivity contribution in [1.29, 1.82) is 0 Å². The number of aromatic nitrogens is 2. The van der Waals surface area contributed by atoms with E-state index in [4.69, 9.17) is 0 Å². The second-order valence-electron chi connectivity index (χ2n) is 4.10. The smallest absolute Gasteiger partial charge is 0.0924 e. The highest BCUT2D eigenvalue weighted by molar-refractivity contribution is 5.81. The van der Waals surface area contributed by atoms with Gasteiger partial charge in [-0.05, 0) is 49.1 Å². The van der Waals surface area contributed by atoms with Crippen molar-refractivity contribution in [3.63, 3.8) is 0 Å². The molecular formula is C14H16N2. The third kappa shape index (κ3) is 2.06. The molecule has 1 heterocycles. The molecule has 0 spiro atoms. The number of rotatable bonds is 2. The predicted molar refractivity (Wildman–Crippen MR) is 68.0 cm³/mol. The second-order valence-corrected chi connectivity index (χ2v) is 4.10. The third-order valence-corrected chi connectivity index (χ3v) is 2.77. The zero-order chi connectivity index (χ0) is 11.5. The number of imidazole rings is 1. The predicted octanol–water partition coefficient (Wildman–Crippen LogP) is 3.59. The van der Waals surface area contributed by atoms with Gasteiger partial charge in [0, 0.05) is 0 Å². The highest BCUT2D eigenvalue weighted by Gasteiger charge is 2.04. The van der Waals surface area contributed by atoms with Crippen molar-refractivity contribution in [3.05, 3.63) is 53.1 Å². The average Bonchev–Trinajstić information content (AvgIpc) is 2.70. The van der Waals surface area contributed by atoms with Gasteiger partial charge in [-0.2, -0.15) is 0 Å². The van der Waals surface area contributed by atoms with Crippen LogP contribution in [-0.2, 0) is 0 Å². The van der Waals surface area contributed by atoms with Gasteiger partial charge in [-0.1, -0.05) is 18.2 Å². The molecule has 0 radical (unpaired) electrons. The monoisotopic (exact) mass is 212 g/mol. The molecule has 0 fully saturated rings. The first-order valence-corrected chi connectivity index (χ1v) is 5.42. The molecule has 2 rings (SSSR count). The maximum atomic E-state index is 4.01. The van der Waals surface area contributed by atoms with E-state index in [-0.39, 0.29) is 0 Å². The standard InChI is InChI=1S/C14H16N2/c1-10-5-4-6-11(2)14(10)12(3)7-13-8-15-9-16-13/h4-9H,1-3H3,(H,15,16). The van der Waals surface area contributed by atoms with Gasteiger partial charge in [0.15, 0.2) is 0 Å². The Morgan fingerprint density at radius 1 is 1.25 bits per heavy atom. The summed E-state index contributed by atoms with van der Waals surface area (Å²) in [7, 11) is 0. The second kappa shape index (κ2) is 4.35. The number of hydrogen-bond donors (Lipinski definition) is 1. The molecule has 0 unspecified atom stereocenters. The molecule has 2 heteroatoms. The van der Waals surface area contributed by atoms with Crippen LogP contribution in [0.4, 0.5) is 0 Å². The lowest BCUT2D eigenvalue weighted by Crippen LogP contribution is -1.90. The minimum atomic E-state index is 1.04. The largest absolute Gasteiger partial charge is 0.345 e. The van der Waals surface area contributed by atoms with Gasteiger partial charge in [0.25, 0.3) is 0 Å². The Labute approximate surface area is 96.1 Å². The molecule has 0 bridgehead atoms. The van der Waals surface area contributed by atoms with Crippen molar-refractivity contribution in [2.45, 2.75) is 20.8 Å². The fourth-order valence-electron chi connectivity index (χ4n) is 2.09. The molecule has 0 amide bonds. The molecule has 0 saturated heterocycles. The molecule has 1 N–H and O–H groups in total. The van der Waals surface area contributed by atoms with Crippen LogP contribution in [0, 0.1) is 13.8 Å². The zero-order valence-electron chi connectivity index (χ0n) is 9.91. The number of benzene rings is 1. The molecule has 0 aliphatic carbocycles. The van der Waals surface area contributed by atoms with Crippen molar-refractivity contribution in [1.82, 2.24) is 9.97 Å². The van der Waals surface area contributed by atoms with Crippen LogP contribution in [0.25, 0.3) is 11.6 Å². The molecule has 2 aromatic rings. The molecule has 0 saturated carbocycles. The van der Waals surface area contributed by atoms with Gasteiger partial charge in [0.2, 0.25) is 0 Å². The lowest BCUT2D eigenvalue weighted by Gasteiger charge is -2.09. The van der Waals surface area contributed by atoms with E-state index in [2.05, 4.69) is 55.0 Å². The number of allylic oxidation sites excluding steroid dienone is 1. The van der Waals surface area contributed by atoms with Crippen LogP contribution in [0.3, 0.4) is 0 Å². The lowest BCUT2D eigenvalue weighted by atomic mass is 9.96. The summed E-state index contributed by atoms with van der Waals surface area (Å²) in [5, 5.41) is 0. The van der Waals surface area contributed by atoms with Crippen LogP contribution in [0.1, 0.15) is 29.3 Å². The molecule has 16 heavy (non-hydrogen) atoms. The van der Waals surface area contributed by atoms with Gasteiger partial charge in [-0.3, -0.25) is 0 Å². The van der Waals surface area contributed by atoms with E-state index >= 15 is 0 Å². The summed E-state index contributed by atoms with van der Waals surface area (Å²) in [6.07, 6.45) is 5.66. The first-order chi connectivity index (χ1) is 7.68. The summed E-state index contributed by atoms with van der Waals surface area (Å²) in [4.78, 5) is 7.10. The summed E-state index contributed by atoms with van der Waals surface area (Å²) >= 11 is 0. The highest BCUT2D eigenvalue weighted by atomic mass is 14.8. The van der Waals surface area contributed by atoms with Crippen LogP contribution >= 0.6 is 0 Å². The van der Waals surface area contributed by atoms with E-state index < -0.39 is 0 Å². The fraction of sp³-hybridized carbons (Fsp3) is 0.214. The molecule has 1 aromatic carbocycles. The van der Waals surface area contributed by atoms with E-state index in [0.717, 1.165) is 5.69 Å². The van der Waals surface area contributed by atoms with Crippen molar-refractivity contribution in [2.24, 2.45) is 0 Å². The summed E-state index contributed by atoms with van der Waals surface area (Å²) in [5.74, 6) is 0. The Hall–Kier alpha value is -1.83. The number of aryl methyl sites for hydroxylation is 2. The van der Waals surface area contributed by atoms with Crippen LogP contribution in [0.15, 0.2) is 30.7 Å². The van der Waals surface area contributed by atoms with Crippen molar-refractivity contribution in [3.8, 4) is 0 Å². The van der Waals surface area contributed by atoms with Gasteiger partial charge < -0.3 is 4.98 Å². The third-order valence-electron chi connectivity index (χ3n) is 2.77. The molecule has 0 atom stereocenters. The minimum Gasteiger partial charge on any atom is -0.345 e. The number of H-pyrrole nitrogens is 1. The van der Waals surface area contributed by atoms with E-state index in [0.29, 0.717) is 0 Å². The summed E-state index contributed by atoms with van der Waals surface area (Å²) in [5.41, 5.74) is 6.26. The normalized spacial score (nSPS) is 11.8. The Morgan fingerprint density at radius 2 is 1.94 bits per heavy atom. The summed E-state index contributed by atoms with van der Waals surface area (Å²) in [6.45, 7) is 6.43. The average molecular weight is 212 g/mol. The van der Waals surface area contributed by atoms with Crippen LogP contribution in [0.2, 0.25) is 0 Å². The molecule has 0 aliphatic heterocycles. The molecule has 82 valence electrons. The van der Waals surface area contributed by atoms with Gasteiger partial charge in [-0.15, -0.1) is 0 Å². The summed E-state index contributed by atoms with van der Waals surface area (Å²) in [6, 6.07) is 6.39.